The fourth-order valence-electron chi connectivity index (χ4n) is 6.72. The topological polar surface area (TPSA) is 48.8 Å². The van der Waals surface area contributed by atoms with Gasteiger partial charge in [0.15, 0.2) is 0 Å². The fourth-order valence-corrected chi connectivity index (χ4v) is 6.72. The molecule has 4 aliphatic carbocycles. The van der Waals surface area contributed by atoms with Crippen molar-refractivity contribution in [2.75, 3.05) is 0 Å². The molecule has 0 amide bonds. The van der Waals surface area contributed by atoms with E-state index in [4.69, 9.17) is 5.53 Å². The number of rotatable bonds is 1. The molecule has 0 N–H and O–H groups in total. The second-order valence-corrected chi connectivity index (χ2v) is 8.83. The van der Waals surface area contributed by atoms with Crippen LogP contribution in [0.15, 0.2) is 40.4 Å². The molecule has 0 bridgehead atoms. The van der Waals surface area contributed by atoms with Crippen LogP contribution in [0.1, 0.15) is 58.8 Å². The molecule has 128 valence electrons. The van der Waals surface area contributed by atoms with Crippen LogP contribution in [0.5, 0.6) is 0 Å². The number of fused-ring (bicyclic) bond motifs is 5. The van der Waals surface area contributed by atoms with E-state index in [9.17, 15) is 4.39 Å². The van der Waals surface area contributed by atoms with Gasteiger partial charge in [0.1, 0.15) is 5.83 Å². The van der Waals surface area contributed by atoms with Gasteiger partial charge in [0.05, 0.1) is 0 Å². The minimum Gasteiger partial charge on any atom is -0.212 e. The van der Waals surface area contributed by atoms with Crippen LogP contribution in [0.2, 0.25) is 0 Å². The van der Waals surface area contributed by atoms with E-state index in [1.165, 1.54) is 25.7 Å². The molecule has 0 aromatic carbocycles. The number of nitrogens with zero attached hydrogens (tertiary/aromatic N) is 3. The summed E-state index contributed by atoms with van der Waals surface area (Å²) in [5, 5.41) is 3.85. The highest BCUT2D eigenvalue weighted by atomic mass is 19.1. The minimum absolute atomic E-state index is 0.118. The van der Waals surface area contributed by atoms with Crippen molar-refractivity contribution < 1.29 is 4.39 Å². The lowest BCUT2D eigenvalue weighted by Crippen LogP contribution is -2.49. The Kier molecular flexibility index (Phi) is 3.47. The highest BCUT2D eigenvalue weighted by Crippen LogP contribution is 2.66. The summed E-state index contributed by atoms with van der Waals surface area (Å²) in [4.78, 5) is 2.95. The van der Waals surface area contributed by atoms with E-state index >= 15 is 0 Å². The van der Waals surface area contributed by atoms with Gasteiger partial charge >= 0.3 is 0 Å². The molecule has 4 heteroatoms. The molecule has 0 aromatic rings. The summed E-state index contributed by atoms with van der Waals surface area (Å²) in [7, 11) is 0. The van der Waals surface area contributed by atoms with E-state index in [0.717, 1.165) is 29.9 Å². The SMILES string of the molecule is C=C1C[C@H]2[C@@H]3CCC[C@@]3(C)CC[C@@H]2[C@@]2(C)C=C(F)CC(N=[N+]=[N-])=C12. The zero-order chi connectivity index (χ0) is 17.1. The van der Waals surface area contributed by atoms with Crippen LogP contribution in [-0.2, 0) is 0 Å². The Labute approximate surface area is 143 Å². The van der Waals surface area contributed by atoms with Crippen molar-refractivity contribution in [2.45, 2.75) is 58.8 Å². The molecule has 0 unspecified atom stereocenters. The maximum absolute atomic E-state index is 14.4. The highest BCUT2D eigenvalue weighted by molar-refractivity contribution is 5.49. The van der Waals surface area contributed by atoms with Gasteiger partial charge < -0.3 is 0 Å². The first-order valence-corrected chi connectivity index (χ1v) is 9.23. The second-order valence-electron chi connectivity index (χ2n) is 8.83. The van der Waals surface area contributed by atoms with Gasteiger partial charge in [-0.25, -0.2) is 4.39 Å². The Morgan fingerprint density at radius 1 is 1.29 bits per heavy atom. The summed E-state index contributed by atoms with van der Waals surface area (Å²) in [6, 6.07) is 0. The van der Waals surface area contributed by atoms with Gasteiger partial charge in [0, 0.05) is 22.4 Å². The van der Waals surface area contributed by atoms with Crippen molar-refractivity contribution in [3.8, 4) is 0 Å². The highest BCUT2D eigenvalue weighted by Gasteiger charge is 2.57. The average molecular weight is 327 g/mol. The van der Waals surface area contributed by atoms with Crippen LogP contribution < -0.4 is 0 Å². The van der Waals surface area contributed by atoms with E-state index in [0.29, 0.717) is 22.9 Å². The fraction of sp³-hybridized carbons (Fsp3) is 0.700. The summed E-state index contributed by atoms with van der Waals surface area (Å²) in [6.07, 6.45) is 9.25. The largest absolute Gasteiger partial charge is 0.212 e. The standard InChI is InChI=1S/C20H26FN3/c1-12-9-14-15-5-4-7-19(15,2)8-6-16(14)20(3)11-13(21)10-17(18(12)20)23-24-22/h11,14-16H,1,4-10H2,2-3H3/t14-,15-,16-,19-,20+/m0/s1. The third kappa shape index (κ3) is 2.05. The predicted molar refractivity (Wildman–Crippen MR) is 93.5 cm³/mol. The molecule has 0 heterocycles. The van der Waals surface area contributed by atoms with Crippen LogP contribution in [0.3, 0.4) is 0 Å². The van der Waals surface area contributed by atoms with E-state index in [2.05, 4.69) is 30.5 Å². The molecule has 0 aromatic heterocycles. The van der Waals surface area contributed by atoms with Crippen LogP contribution in [0, 0.1) is 28.6 Å². The second kappa shape index (κ2) is 5.23. The smallest absolute Gasteiger partial charge is 0.101 e. The predicted octanol–water partition coefficient (Wildman–Crippen LogP) is 6.61. The zero-order valence-corrected chi connectivity index (χ0v) is 14.7. The van der Waals surface area contributed by atoms with Crippen molar-refractivity contribution in [2.24, 2.45) is 33.7 Å². The molecule has 3 nitrogen and oxygen atoms in total. The Morgan fingerprint density at radius 3 is 2.83 bits per heavy atom. The molecular weight excluding hydrogens is 301 g/mol. The lowest BCUT2D eigenvalue weighted by molar-refractivity contribution is -0.00561. The van der Waals surface area contributed by atoms with Gasteiger partial charge in [-0.05, 0) is 72.5 Å². The molecule has 5 atom stereocenters. The minimum atomic E-state index is -0.365. The van der Waals surface area contributed by atoms with Crippen LogP contribution in [0.4, 0.5) is 4.39 Å². The molecule has 0 saturated heterocycles. The summed E-state index contributed by atoms with van der Waals surface area (Å²) in [5.74, 6) is 1.59. The third-order valence-corrected chi connectivity index (χ3v) is 7.61. The third-order valence-electron chi connectivity index (χ3n) is 7.61. The van der Waals surface area contributed by atoms with Crippen molar-refractivity contribution >= 4 is 0 Å². The van der Waals surface area contributed by atoms with Gasteiger partial charge in [-0.15, -0.1) is 0 Å². The Morgan fingerprint density at radius 2 is 2.08 bits per heavy atom. The molecule has 0 radical (unpaired) electrons. The Balaban J connectivity index is 1.83. The van der Waals surface area contributed by atoms with E-state index in [1.807, 2.05) is 6.08 Å². The molecule has 3 saturated carbocycles. The number of hydrogen-bond donors (Lipinski definition) is 0. The summed E-state index contributed by atoms with van der Waals surface area (Å²) < 4.78 is 14.4. The first kappa shape index (κ1) is 16.0. The Bertz CT molecular complexity index is 714. The van der Waals surface area contributed by atoms with Gasteiger partial charge in [0.25, 0.3) is 0 Å². The maximum Gasteiger partial charge on any atom is 0.101 e. The molecule has 3 fully saturated rings. The summed E-state index contributed by atoms with van der Waals surface area (Å²) in [6.45, 7) is 8.94. The van der Waals surface area contributed by atoms with Crippen LogP contribution in [0.25, 0.3) is 10.4 Å². The number of allylic oxidation sites excluding steroid dienone is 4. The summed E-state index contributed by atoms with van der Waals surface area (Å²) in [5.41, 5.74) is 11.7. The number of halogens is 1. The van der Waals surface area contributed by atoms with Gasteiger partial charge in [-0.2, -0.15) is 0 Å². The Hall–Kier alpha value is -1.54. The van der Waals surface area contributed by atoms with Gasteiger partial charge in [0.2, 0.25) is 0 Å². The lowest BCUT2D eigenvalue weighted by atomic mass is 9.47. The van der Waals surface area contributed by atoms with Crippen molar-refractivity contribution in [1.29, 1.82) is 0 Å². The maximum atomic E-state index is 14.4. The molecular formula is C20H26FN3. The number of hydrogen-bond acceptors (Lipinski definition) is 1. The molecule has 4 aliphatic rings. The quantitative estimate of drug-likeness (QED) is 0.296. The number of azide groups is 1. The monoisotopic (exact) mass is 327 g/mol. The van der Waals surface area contributed by atoms with E-state index < -0.39 is 0 Å². The molecule has 0 aliphatic heterocycles. The first-order chi connectivity index (χ1) is 11.4. The molecule has 0 spiro atoms. The van der Waals surface area contributed by atoms with Crippen LogP contribution >= 0.6 is 0 Å². The molecule has 4 rings (SSSR count). The van der Waals surface area contributed by atoms with Crippen molar-refractivity contribution in [1.82, 2.24) is 0 Å². The first-order valence-electron chi connectivity index (χ1n) is 9.23. The van der Waals surface area contributed by atoms with Crippen LogP contribution in [-0.4, -0.2) is 0 Å². The molecule has 24 heavy (non-hydrogen) atoms. The van der Waals surface area contributed by atoms with E-state index in [-0.39, 0.29) is 17.7 Å². The summed E-state index contributed by atoms with van der Waals surface area (Å²) >= 11 is 0. The van der Waals surface area contributed by atoms with Crippen molar-refractivity contribution in [3.05, 3.63) is 45.8 Å². The van der Waals surface area contributed by atoms with Crippen molar-refractivity contribution in [3.63, 3.8) is 0 Å². The van der Waals surface area contributed by atoms with Gasteiger partial charge in [-0.1, -0.05) is 37.5 Å². The average Bonchev–Trinajstić information content (AvgIpc) is 2.88. The van der Waals surface area contributed by atoms with E-state index in [1.54, 1.807) is 0 Å². The van der Waals surface area contributed by atoms with Gasteiger partial charge in [-0.3, -0.25) is 0 Å². The normalized spacial score (nSPS) is 44.2. The zero-order valence-electron chi connectivity index (χ0n) is 14.7. The lowest BCUT2D eigenvalue weighted by Gasteiger charge is -2.57.